The Morgan fingerprint density at radius 3 is 1.96 bits per heavy atom. The van der Waals surface area contributed by atoms with Crippen LogP contribution in [0.2, 0.25) is 0 Å². The van der Waals surface area contributed by atoms with Crippen LogP contribution in [0, 0.1) is 0 Å². The van der Waals surface area contributed by atoms with E-state index in [1.54, 1.807) is 11.3 Å². The van der Waals surface area contributed by atoms with Gasteiger partial charge in [0.1, 0.15) is 6.04 Å². The molecule has 3 aromatic rings. The molecule has 3 nitrogen and oxygen atoms in total. The number of ether oxygens (including phenoxy) is 1. The third-order valence-electron chi connectivity index (χ3n) is 4.35. The number of hydrogen-bond donors (Lipinski definition) is 0. The lowest BCUT2D eigenvalue weighted by molar-refractivity contribution is -0.147. The molecule has 0 radical (unpaired) electrons. The molecule has 134 valence electrons. The largest absolute Gasteiger partial charge is 0.468 e. The van der Waals surface area contributed by atoms with Crippen molar-refractivity contribution in [1.29, 1.82) is 0 Å². The number of benzene rings is 2. The van der Waals surface area contributed by atoms with Crippen LogP contribution in [0.4, 0.5) is 0 Å². The van der Waals surface area contributed by atoms with E-state index in [-0.39, 0.29) is 12.0 Å². The standard InChI is InChI=1S/C22H23NO2S/c1-25-22(24)21(15-20-13-8-14-26-20)23(16-18-9-4-2-5-10-18)17-19-11-6-3-7-12-19/h2-14,21H,15-17H2,1H3. The average Bonchev–Trinajstić information content (AvgIpc) is 3.20. The molecule has 0 spiro atoms. The monoisotopic (exact) mass is 365 g/mol. The minimum absolute atomic E-state index is 0.190. The van der Waals surface area contributed by atoms with Crippen molar-refractivity contribution in [2.45, 2.75) is 25.6 Å². The van der Waals surface area contributed by atoms with Gasteiger partial charge >= 0.3 is 5.97 Å². The predicted molar refractivity (Wildman–Crippen MR) is 106 cm³/mol. The quantitative estimate of drug-likeness (QED) is 0.549. The van der Waals surface area contributed by atoms with E-state index >= 15 is 0 Å². The highest BCUT2D eigenvalue weighted by Crippen LogP contribution is 2.20. The first-order valence-corrected chi connectivity index (χ1v) is 9.56. The lowest BCUT2D eigenvalue weighted by atomic mass is 10.1. The van der Waals surface area contributed by atoms with E-state index in [4.69, 9.17) is 4.74 Å². The van der Waals surface area contributed by atoms with Gasteiger partial charge in [-0.25, -0.2) is 0 Å². The fourth-order valence-electron chi connectivity index (χ4n) is 3.03. The van der Waals surface area contributed by atoms with Crippen LogP contribution < -0.4 is 0 Å². The normalized spacial score (nSPS) is 12.1. The maximum absolute atomic E-state index is 12.6. The molecule has 2 aromatic carbocycles. The second-order valence-electron chi connectivity index (χ2n) is 6.20. The Morgan fingerprint density at radius 2 is 1.50 bits per heavy atom. The Labute approximate surface area is 158 Å². The van der Waals surface area contributed by atoms with E-state index in [0.717, 1.165) is 0 Å². The van der Waals surface area contributed by atoms with E-state index in [0.29, 0.717) is 19.5 Å². The molecule has 26 heavy (non-hydrogen) atoms. The van der Waals surface area contributed by atoms with Crippen molar-refractivity contribution in [1.82, 2.24) is 4.90 Å². The molecular weight excluding hydrogens is 342 g/mol. The second kappa shape index (κ2) is 9.32. The van der Waals surface area contributed by atoms with Crippen LogP contribution in [-0.2, 0) is 29.0 Å². The minimum Gasteiger partial charge on any atom is -0.468 e. The Balaban J connectivity index is 1.88. The molecular formula is C22H23NO2S. The SMILES string of the molecule is COC(=O)C(Cc1cccs1)N(Cc1ccccc1)Cc1ccccc1. The van der Waals surface area contributed by atoms with Gasteiger partial charge in [0.2, 0.25) is 0 Å². The molecule has 0 saturated carbocycles. The first-order chi connectivity index (χ1) is 12.8. The van der Waals surface area contributed by atoms with Gasteiger partial charge in [-0.2, -0.15) is 0 Å². The lowest BCUT2D eigenvalue weighted by Crippen LogP contribution is -2.42. The Bertz CT molecular complexity index is 746. The summed E-state index contributed by atoms with van der Waals surface area (Å²) in [5, 5.41) is 2.04. The van der Waals surface area contributed by atoms with Crippen molar-refractivity contribution in [3.63, 3.8) is 0 Å². The van der Waals surface area contributed by atoms with Crippen LogP contribution >= 0.6 is 11.3 Å². The number of nitrogens with zero attached hydrogens (tertiary/aromatic N) is 1. The molecule has 0 bridgehead atoms. The van der Waals surface area contributed by atoms with Crippen LogP contribution in [0.3, 0.4) is 0 Å². The third kappa shape index (κ3) is 5.04. The van der Waals surface area contributed by atoms with Gasteiger partial charge in [0, 0.05) is 24.4 Å². The van der Waals surface area contributed by atoms with E-state index in [2.05, 4.69) is 35.2 Å². The Morgan fingerprint density at radius 1 is 0.923 bits per heavy atom. The maximum atomic E-state index is 12.6. The summed E-state index contributed by atoms with van der Waals surface area (Å²) in [4.78, 5) is 16.0. The van der Waals surface area contributed by atoms with Gasteiger partial charge in [0.05, 0.1) is 7.11 Å². The lowest BCUT2D eigenvalue weighted by Gasteiger charge is -2.30. The molecule has 3 rings (SSSR count). The maximum Gasteiger partial charge on any atom is 0.323 e. The summed E-state index contributed by atoms with van der Waals surface area (Å²) in [6.07, 6.45) is 0.657. The fourth-order valence-corrected chi connectivity index (χ4v) is 3.77. The molecule has 1 atom stereocenters. The molecule has 0 fully saturated rings. The zero-order valence-corrected chi connectivity index (χ0v) is 15.7. The molecule has 0 aliphatic heterocycles. The highest BCUT2D eigenvalue weighted by Gasteiger charge is 2.27. The summed E-state index contributed by atoms with van der Waals surface area (Å²) in [5.41, 5.74) is 2.37. The topological polar surface area (TPSA) is 29.5 Å². The van der Waals surface area contributed by atoms with E-state index < -0.39 is 0 Å². The number of hydrogen-bond acceptors (Lipinski definition) is 4. The summed E-state index contributed by atoms with van der Waals surface area (Å²) >= 11 is 1.67. The summed E-state index contributed by atoms with van der Waals surface area (Å²) in [6, 6.07) is 24.3. The van der Waals surface area contributed by atoms with Crippen LogP contribution in [0.25, 0.3) is 0 Å². The first kappa shape index (κ1) is 18.4. The average molecular weight is 365 g/mol. The highest BCUT2D eigenvalue weighted by atomic mass is 32.1. The van der Waals surface area contributed by atoms with E-state index in [9.17, 15) is 4.79 Å². The summed E-state index contributed by atoms with van der Waals surface area (Å²) in [5.74, 6) is -0.190. The van der Waals surface area contributed by atoms with Gasteiger partial charge in [-0.15, -0.1) is 11.3 Å². The third-order valence-corrected chi connectivity index (χ3v) is 5.24. The molecule has 1 aromatic heterocycles. The van der Waals surface area contributed by atoms with Crippen LogP contribution in [0.5, 0.6) is 0 Å². The number of carbonyl (C=O) groups excluding carboxylic acids is 1. The number of carbonyl (C=O) groups is 1. The van der Waals surface area contributed by atoms with Crippen molar-refractivity contribution in [2.75, 3.05) is 7.11 Å². The van der Waals surface area contributed by atoms with Gasteiger partial charge in [-0.05, 0) is 22.6 Å². The summed E-state index contributed by atoms with van der Waals surface area (Å²) in [7, 11) is 1.47. The molecule has 0 aliphatic rings. The zero-order valence-electron chi connectivity index (χ0n) is 14.9. The molecule has 0 aliphatic carbocycles. The zero-order chi connectivity index (χ0) is 18.2. The number of esters is 1. The first-order valence-electron chi connectivity index (χ1n) is 8.68. The fraction of sp³-hybridized carbons (Fsp3) is 0.227. The second-order valence-corrected chi connectivity index (χ2v) is 7.23. The van der Waals surface area contributed by atoms with Crippen molar-refractivity contribution >= 4 is 17.3 Å². The van der Waals surface area contributed by atoms with Crippen molar-refractivity contribution < 1.29 is 9.53 Å². The van der Waals surface area contributed by atoms with Gasteiger partial charge in [0.15, 0.2) is 0 Å². The van der Waals surface area contributed by atoms with E-state index in [1.165, 1.54) is 23.1 Å². The summed E-state index contributed by atoms with van der Waals surface area (Å²) in [6.45, 7) is 1.39. The van der Waals surface area contributed by atoms with Crippen LogP contribution in [0.1, 0.15) is 16.0 Å². The van der Waals surface area contributed by atoms with Gasteiger partial charge < -0.3 is 4.74 Å². The van der Waals surface area contributed by atoms with Crippen molar-refractivity contribution in [2.24, 2.45) is 0 Å². The van der Waals surface area contributed by atoms with Crippen molar-refractivity contribution in [3.8, 4) is 0 Å². The molecule has 0 saturated heterocycles. The summed E-state index contributed by atoms with van der Waals surface area (Å²) < 4.78 is 5.14. The van der Waals surface area contributed by atoms with Crippen LogP contribution in [0.15, 0.2) is 78.2 Å². The van der Waals surface area contributed by atoms with Gasteiger partial charge in [-0.1, -0.05) is 66.7 Å². The molecule has 1 heterocycles. The van der Waals surface area contributed by atoms with Gasteiger partial charge in [0.25, 0.3) is 0 Å². The number of rotatable bonds is 8. The molecule has 1 unspecified atom stereocenters. The molecule has 0 N–H and O–H groups in total. The predicted octanol–water partition coefficient (Wildman–Crippen LogP) is 4.53. The van der Waals surface area contributed by atoms with Crippen molar-refractivity contribution in [3.05, 3.63) is 94.2 Å². The van der Waals surface area contributed by atoms with E-state index in [1.807, 2.05) is 47.8 Å². The smallest absolute Gasteiger partial charge is 0.323 e. The van der Waals surface area contributed by atoms with Crippen LogP contribution in [-0.4, -0.2) is 24.0 Å². The Kier molecular flexibility index (Phi) is 6.58. The molecule has 0 amide bonds. The molecule has 4 heteroatoms. The minimum atomic E-state index is -0.320. The highest BCUT2D eigenvalue weighted by molar-refractivity contribution is 7.09. The number of thiophene rings is 1. The van der Waals surface area contributed by atoms with Gasteiger partial charge in [-0.3, -0.25) is 9.69 Å². The number of methoxy groups -OCH3 is 1. The Hall–Kier alpha value is -2.43.